The van der Waals surface area contributed by atoms with Gasteiger partial charge in [0.25, 0.3) is 11.6 Å². The number of hydrogen-bond acceptors (Lipinski definition) is 6. The molecule has 1 aromatic carbocycles. The van der Waals surface area contributed by atoms with Gasteiger partial charge < -0.3 is 9.47 Å². The number of nitrogens with one attached hydrogen (secondary N) is 2. The maximum Gasteiger partial charge on any atom is 0.425 e. The zero-order valence-electron chi connectivity index (χ0n) is 9.91. The summed E-state index contributed by atoms with van der Waals surface area (Å²) in [7, 11) is 1.15. The average molecular weight is 269 g/mol. The van der Waals surface area contributed by atoms with Gasteiger partial charge in [0.15, 0.2) is 6.61 Å². The first-order valence-electron chi connectivity index (χ1n) is 5.03. The van der Waals surface area contributed by atoms with Crippen molar-refractivity contribution in [1.29, 1.82) is 0 Å². The Labute approximate surface area is 107 Å². The van der Waals surface area contributed by atoms with Gasteiger partial charge >= 0.3 is 6.09 Å². The van der Waals surface area contributed by atoms with E-state index < -0.39 is 16.9 Å². The lowest BCUT2D eigenvalue weighted by Crippen LogP contribution is -2.43. The van der Waals surface area contributed by atoms with E-state index in [0.717, 1.165) is 7.11 Å². The summed E-state index contributed by atoms with van der Waals surface area (Å²) in [5.41, 5.74) is 3.92. The van der Waals surface area contributed by atoms with Crippen LogP contribution >= 0.6 is 0 Å². The number of hydrogen-bond donors (Lipinski definition) is 2. The first-order chi connectivity index (χ1) is 9.02. The third kappa shape index (κ3) is 4.89. The van der Waals surface area contributed by atoms with Gasteiger partial charge in [-0.25, -0.2) is 10.2 Å². The number of amides is 2. The van der Waals surface area contributed by atoms with E-state index in [9.17, 15) is 19.7 Å². The number of nitrogens with zero attached hydrogens (tertiary/aromatic N) is 1. The van der Waals surface area contributed by atoms with Crippen molar-refractivity contribution < 1.29 is 24.0 Å². The van der Waals surface area contributed by atoms with Crippen LogP contribution in [-0.2, 0) is 9.53 Å². The summed E-state index contributed by atoms with van der Waals surface area (Å²) >= 11 is 0. The maximum atomic E-state index is 11.2. The maximum absolute atomic E-state index is 11.2. The second-order valence-electron chi connectivity index (χ2n) is 3.20. The average Bonchev–Trinajstić information content (AvgIpc) is 2.42. The molecule has 0 saturated carbocycles. The molecule has 9 nitrogen and oxygen atoms in total. The van der Waals surface area contributed by atoms with Crippen molar-refractivity contribution in [1.82, 2.24) is 10.9 Å². The van der Waals surface area contributed by atoms with E-state index in [2.05, 4.69) is 4.74 Å². The molecule has 0 aliphatic rings. The van der Waals surface area contributed by atoms with Crippen LogP contribution in [0.5, 0.6) is 5.75 Å². The number of hydrazine groups is 1. The Balaban J connectivity index is 2.37. The highest BCUT2D eigenvalue weighted by molar-refractivity contribution is 5.80. The number of rotatable bonds is 4. The van der Waals surface area contributed by atoms with Gasteiger partial charge in [-0.2, -0.15) is 0 Å². The number of benzene rings is 1. The molecule has 0 aliphatic heterocycles. The van der Waals surface area contributed by atoms with E-state index in [-0.39, 0.29) is 12.3 Å². The molecule has 0 heterocycles. The first kappa shape index (κ1) is 14.2. The topological polar surface area (TPSA) is 120 Å². The van der Waals surface area contributed by atoms with Crippen molar-refractivity contribution in [2.75, 3.05) is 13.7 Å². The molecule has 2 amide bonds. The molecular weight excluding hydrogens is 258 g/mol. The van der Waals surface area contributed by atoms with Crippen molar-refractivity contribution in [3.63, 3.8) is 0 Å². The molecular formula is C10H11N3O6. The van der Waals surface area contributed by atoms with Gasteiger partial charge in [-0.05, 0) is 12.1 Å². The fraction of sp³-hybridized carbons (Fsp3) is 0.200. The van der Waals surface area contributed by atoms with Crippen molar-refractivity contribution in [2.45, 2.75) is 0 Å². The van der Waals surface area contributed by atoms with Crippen molar-refractivity contribution in [2.24, 2.45) is 0 Å². The second kappa shape index (κ2) is 6.79. The molecule has 0 saturated heterocycles. The van der Waals surface area contributed by atoms with Crippen molar-refractivity contribution in [3.8, 4) is 5.75 Å². The summed E-state index contributed by atoms with van der Waals surface area (Å²) in [5, 5.41) is 10.4. The standard InChI is InChI=1S/C10H11N3O6/c1-18-10(15)12-11-9(14)6-19-8-4-2-7(3-5-8)13(16)17/h2-5H,6H2,1H3,(H,11,14)(H,12,15). The molecule has 0 aromatic heterocycles. The molecule has 19 heavy (non-hydrogen) atoms. The largest absolute Gasteiger partial charge is 0.484 e. The Morgan fingerprint density at radius 1 is 1.26 bits per heavy atom. The highest BCUT2D eigenvalue weighted by Gasteiger charge is 2.07. The summed E-state index contributed by atoms with van der Waals surface area (Å²) in [5.74, 6) is -0.317. The highest BCUT2D eigenvalue weighted by atomic mass is 16.6. The Bertz CT molecular complexity index is 473. The number of ether oxygens (including phenoxy) is 2. The van der Waals surface area contributed by atoms with Gasteiger partial charge in [0.1, 0.15) is 5.75 Å². The minimum atomic E-state index is -0.816. The predicted octanol–water partition coefficient (Wildman–Crippen LogP) is 0.361. The number of nitro benzene ring substituents is 1. The molecule has 0 aliphatic carbocycles. The fourth-order valence-corrected chi connectivity index (χ4v) is 1.02. The molecule has 0 unspecified atom stereocenters. The van der Waals surface area contributed by atoms with E-state index in [1.807, 2.05) is 10.9 Å². The quantitative estimate of drug-likeness (QED) is 0.601. The molecule has 102 valence electrons. The van der Waals surface area contributed by atoms with Gasteiger partial charge in [-0.3, -0.25) is 20.3 Å². The molecule has 0 bridgehead atoms. The van der Waals surface area contributed by atoms with E-state index in [4.69, 9.17) is 4.74 Å². The molecule has 1 rings (SSSR count). The van der Waals surface area contributed by atoms with Crippen LogP contribution in [0.3, 0.4) is 0 Å². The summed E-state index contributed by atoms with van der Waals surface area (Å²) < 4.78 is 9.27. The van der Waals surface area contributed by atoms with Crippen LogP contribution in [0, 0.1) is 10.1 Å². The van der Waals surface area contributed by atoms with E-state index in [1.54, 1.807) is 0 Å². The Morgan fingerprint density at radius 2 is 1.89 bits per heavy atom. The third-order valence-corrected chi connectivity index (χ3v) is 1.91. The first-order valence-corrected chi connectivity index (χ1v) is 5.03. The summed E-state index contributed by atoms with van der Waals surface area (Å²) in [6, 6.07) is 5.22. The highest BCUT2D eigenvalue weighted by Crippen LogP contribution is 2.16. The smallest absolute Gasteiger partial charge is 0.425 e. The minimum Gasteiger partial charge on any atom is -0.484 e. The summed E-state index contributed by atoms with van der Waals surface area (Å²) in [6.45, 7) is -0.359. The van der Waals surface area contributed by atoms with Gasteiger partial charge in [-0.1, -0.05) is 0 Å². The van der Waals surface area contributed by atoms with Crippen LogP contribution in [0.2, 0.25) is 0 Å². The van der Waals surface area contributed by atoms with Crippen LogP contribution in [0.1, 0.15) is 0 Å². The summed E-state index contributed by atoms with van der Waals surface area (Å²) in [6.07, 6.45) is -0.816. The van der Waals surface area contributed by atoms with Gasteiger partial charge in [0.2, 0.25) is 0 Å². The van der Waals surface area contributed by atoms with E-state index in [0.29, 0.717) is 5.75 Å². The number of methoxy groups -OCH3 is 1. The molecule has 0 atom stereocenters. The van der Waals surface area contributed by atoms with E-state index >= 15 is 0 Å². The molecule has 2 N–H and O–H groups in total. The normalized spacial score (nSPS) is 9.32. The molecule has 0 fully saturated rings. The summed E-state index contributed by atoms with van der Waals surface area (Å²) in [4.78, 5) is 31.7. The second-order valence-corrected chi connectivity index (χ2v) is 3.20. The Morgan fingerprint density at radius 3 is 2.42 bits per heavy atom. The van der Waals surface area contributed by atoms with Gasteiger partial charge in [0, 0.05) is 12.1 Å². The lowest BCUT2D eigenvalue weighted by Gasteiger charge is -2.07. The molecule has 9 heteroatoms. The molecule has 0 radical (unpaired) electrons. The van der Waals surface area contributed by atoms with Crippen LogP contribution in [0.25, 0.3) is 0 Å². The van der Waals surface area contributed by atoms with Gasteiger partial charge in [0.05, 0.1) is 12.0 Å². The predicted molar refractivity (Wildman–Crippen MR) is 62.3 cm³/mol. The van der Waals surface area contributed by atoms with Crippen molar-refractivity contribution >= 4 is 17.7 Å². The van der Waals surface area contributed by atoms with Crippen molar-refractivity contribution in [3.05, 3.63) is 34.4 Å². The molecule has 1 aromatic rings. The van der Waals surface area contributed by atoms with Gasteiger partial charge in [-0.15, -0.1) is 0 Å². The number of carbonyl (C=O) groups is 2. The minimum absolute atomic E-state index is 0.0795. The fourth-order valence-electron chi connectivity index (χ4n) is 1.02. The number of nitro groups is 1. The van der Waals surface area contributed by atoms with Crippen LogP contribution in [0.15, 0.2) is 24.3 Å². The zero-order valence-corrected chi connectivity index (χ0v) is 9.91. The zero-order chi connectivity index (χ0) is 14.3. The lowest BCUT2D eigenvalue weighted by atomic mass is 10.3. The van der Waals surface area contributed by atoms with E-state index in [1.165, 1.54) is 24.3 Å². The Hall–Kier alpha value is -2.84. The van der Waals surface area contributed by atoms with Crippen LogP contribution in [-0.4, -0.2) is 30.6 Å². The number of carbonyl (C=O) groups excluding carboxylic acids is 2. The monoisotopic (exact) mass is 269 g/mol. The number of non-ortho nitro benzene ring substituents is 1. The third-order valence-electron chi connectivity index (χ3n) is 1.91. The SMILES string of the molecule is COC(=O)NNC(=O)COc1ccc([N+](=O)[O-])cc1. The Kier molecular flexibility index (Phi) is 5.08. The molecule has 0 spiro atoms. The van der Waals surface area contributed by atoms with Crippen LogP contribution in [0.4, 0.5) is 10.5 Å². The lowest BCUT2D eigenvalue weighted by molar-refractivity contribution is -0.384. The van der Waals surface area contributed by atoms with Crippen LogP contribution < -0.4 is 15.6 Å².